The molecule has 2 aliphatic carbocycles. The summed E-state index contributed by atoms with van der Waals surface area (Å²) in [6.07, 6.45) is 1.93. The quantitative estimate of drug-likeness (QED) is 0.294. The number of para-hydroxylation sites is 1. The van der Waals surface area contributed by atoms with Gasteiger partial charge in [0, 0.05) is 56.4 Å². The highest BCUT2D eigenvalue weighted by molar-refractivity contribution is 7.89. The van der Waals surface area contributed by atoms with Crippen molar-refractivity contribution in [3.05, 3.63) is 65.7 Å². The summed E-state index contributed by atoms with van der Waals surface area (Å²) < 4.78 is 41.3. The van der Waals surface area contributed by atoms with Crippen LogP contribution in [0.1, 0.15) is 71.4 Å². The van der Waals surface area contributed by atoms with Gasteiger partial charge < -0.3 is 25.0 Å². The Morgan fingerprint density at radius 1 is 1.00 bits per heavy atom. The number of ether oxygens (including phenoxy) is 2. The van der Waals surface area contributed by atoms with E-state index in [1.54, 1.807) is 25.1 Å². The predicted molar refractivity (Wildman–Crippen MR) is 188 cm³/mol. The van der Waals surface area contributed by atoms with E-state index >= 15 is 0 Å². The van der Waals surface area contributed by atoms with E-state index in [9.17, 15) is 18.0 Å². The van der Waals surface area contributed by atoms with Crippen LogP contribution < -0.4 is 15.5 Å². The highest BCUT2D eigenvalue weighted by Gasteiger charge is 2.66. The van der Waals surface area contributed by atoms with Crippen LogP contribution in [-0.2, 0) is 30.9 Å². The molecule has 2 bridgehead atoms. The lowest BCUT2D eigenvalue weighted by atomic mass is 9.69. The second-order valence-electron chi connectivity index (χ2n) is 15.4. The van der Waals surface area contributed by atoms with Crippen LogP contribution in [0.25, 0.3) is 0 Å². The molecule has 1 saturated heterocycles. The van der Waals surface area contributed by atoms with Crippen LogP contribution in [0, 0.1) is 23.7 Å². The Morgan fingerprint density at radius 2 is 1.67 bits per heavy atom. The number of alkyl carbamates (subject to hydrolysis) is 1. The van der Waals surface area contributed by atoms with E-state index < -0.39 is 33.2 Å². The minimum atomic E-state index is -3.62. The number of carbonyl (C=O) groups excluding carboxylic acids is 2. The van der Waals surface area contributed by atoms with Gasteiger partial charge in [-0.2, -0.15) is 4.31 Å². The number of benzene rings is 2. The molecule has 2 N–H and O–H groups in total. The second-order valence-corrected chi connectivity index (χ2v) is 17.3. The number of nitrogens with one attached hydrogen (secondary N) is 2. The summed E-state index contributed by atoms with van der Waals surface area (Å²) in [7, 11) is -3.62. The maximum absolute atomic E-state index is 14.2. The van der Waals surface area contributed by atoms with Gasteiger partial charge in [-0.1, -0.05) is 62.4 Å². The normalized spacial score (nSPS) is 24.7. The Balaban J connectivity index is 1.27. The largest absolute Gasteiger partial charge is 0.444 e. The predicted octanol–water partition coefficient (Wildman–Crippen LogP) is 5.26. The van der Waals surface area contributed by atoms with E-state index in [4.69, 9.17) is 9.47 Å². The number of amides is 2. The molecular formula is C37H54N4O6S. The highest BCUT2D eigenvalue weighted by Crippen LogP contribution is 2.66. The SMILES string of the molecule is Cc1ccccc1N1CCN(S(=O)(=O)CC23CCC(CC2NC(=O)[C@H](CCOCc2ccccc2)NC(=O)OC(C)(C)C)C3(C)C)CC1. The minimum Gasteiger partial charge on any atom is -0.444 e. The molecule has 2 aromatic carbocycles. The molecule has 1 heterocycles. The van der Waals surface area contributed by atoms with Crippen molar-refractivity contribution in [2.24, 2.45) is 16.7 Å². The van der Waals surface area contributed by atoms with Crippen molar-refractivity contribution >= 4 is 27.7 Å². The van der Waals surface area contributed by atoms with E-state index in [2.05, 4.69) is 48.4 Å². The van der Waals surface area contributed by atoms with Gasteiger partial charge in [0.2, 0.25) is 15.9 Å². The Hall–Kier alpha value is -3.15. The average molecular weight is 683 g/mol. The van der Waals surface area contributed by atoms with Gasteiger partial charge in [-0.25, -0.2) is 13.2 Å². The van der Waals surface area contributed by atoms with Gasteiger partial charge in [0.05, 0.1) is 12.4 Å². The van der Waals surface area contributed by atoms with Crippen LogP contribution >= 0.6 is 0 Å². The Kier molecular flexibility index (Phi) is 10.8. The number of nitrogens with zero attached hydrogens (tertiary/aromatic N) is 2. The van der Waals surface area contributed by atoms with Crippen LogP contribution in [0.3, 0.4) is 0 Å². The summed E-state index contributed by atoms with van der Waals surface area (Å²) in [6, 6.07) is 16.7. The third-order valence-electron chi connectivity index (χ3n) is 10.9. The molecule has 5 rings (SSSR count). The van der Waals surface area contributed by atoms with Crippen molar-refractivity contribution in [1.29, 1.82) is 0 Å². The van der Waals surface area contributed by atoms with Crippen molar-refractivity contribution in [3.63, 3.8) is 0 Å². The molecule has 264 valence electrons. The zero-order valence-electron chi connectivity index (χ0n) is 29.5. The summed E-state index contributed by atoms with van der Waals surface area (Å²) in [6.45, 7) is 14.5. The fourth-order valence-electron chi connectivity index (χ4n) is 8.12. The Labute approximate surface area is 287 Å². The van der Waals surface area contributed by atoms with Gasteiger partial charge >= 0.3 is 6.09 Å². The number of sulfonamides is 1. The minimum absolute atomic E-state index is 0.0108. The molecule has 1 aliphatic heterocycles. The third-order valence-corrected chi connectivity index (χ3v) is 13.0. The molecule has 2 saturated carbocycles. The molecule has 0 radical (unpaired) electrons. The zero-order valence-corrected chi connectivity index (χ0v) is 30.3. The van der Waals surface area contributed by atoms with Crippen molar-refractivity contribution < 1.29 is 27.5 Å². The third kappa shape index (κ3) is 8.00. The number of piperazine rings is 1. The first-order valence-electron chi connectivity index (χ1n) is 17.3. The molecule has 10 nitrogen and oxygen atoms in total. The first kappa shape index (κ1) is 36.1. The van der Waals surface area contributed by atoms with Gasteiger partial charge in [0.15, 0.2) is 0 Å². The monoisotopic (exact) mass is 682 g/mol. The van der Waals surface area contributed by atoms with E-state index in [0.29, 0.717) is 45.1 Å². The number of fused-ring (bicyclic) bond motifs is 2. The van der Waals surface area contributed by atoms with E-state index in [-0.39, 0.29) is 36.1 Å². The molecule has 0 spiro atoms. The molecule has 0 aromatic heterocycles. The summed E-state index contributed by atoms with van der Waals surface area (Å²) >= 11 is 0. The summed E-state index contributed by atoms with van der Waals surface area (Å²) in [5.41, 5.74) is 1.70. The van der Waals surface area contributed by atoms with E-state index in [0.717, 1.165) is 24.1 Å². The van der Waals surface area contributed by atoms with Crippen LogP contribution in [0.15, 0.2) is 54.6 Å². The molecule has 3 fully saturated rings. The van der Waals surface area contributed by atoms with E-state index in [1.807, 2.05) is 42.5 Å². The van der Waals surface area contributed by atoms with E-state index in [1.165, 1.54) is 5.56 Å². The van der Waals surface area contributed by atoms with Gasteiger partial charge in [0.1, 0.15) is 11.6 Å². The van der Waals surface area contributed by atoms with Crippen LogP contribution in [0.5, 0.6) is 0 Å². The van der Waals surface area contributed by atoms with Crippen molar-refractivity contribution in [2.75, 3.05) is 43.4 Å². The number of rotatable bonds is 12. The zero-order chi connectivity index (χ0) is 34.7. The fourth-order valence-corrected chi connectivity index (χ4v) is 10.4. The lowest BCUT2D eigenvalue weighted by molar-refractivity contribution is -0.125. The number of carbonyl (C=O) groups is 2. The lowest BCUT2D eigenvalue weighted by Crippen LogP contribution is -2.58. The Bertz CT molecular complexity index is 1530. The topological polar surface area (TPSA) is 117 Å². The number of hydrogen-bond acceptors (Lipinski definition) is 7. The van der Waals surface area contributed by atoms with Crippen molar-refractivity contribution in [2.45, 2.75) is 91.5 Å². The summed E-state index contributed by atoms with van der Waals surface area (Å²) in [5, 5.41) is 6.00. The van der Waals surface area contributed by atoms with Gasteiger partial charge in [0.25, 0.3) is 0 Å². The van der Waals surface area contributed by atoms with Crippen LogP contribution in [-0.4, -0.2) is 80.9 Å². The van der Waals surface area contributed by atoms with Crippen LogP contribution in [0.4, 0.5) is 10.5 Å². The van der Waals surface area contributed by atoms with Gasteiger partial charge in [-0.15, -0.1) is 0 Å². The molecule has 4 atom stereocenters. The first-order valence-corrected chi connectivity index (χ1v) is 18.9. The summed E-state index contributed by atoms with van der Waals surface area (Å²) in [5.74, 6) is -0.0631. The molecule has 2 amide bonds. The molecular weight excluding hydrogens is 628 g/mol. The molecule has 3 unspecified atom stereocenters. The molecule has 3 aliphatic rings. The number of hydrogen-bond donors (Lipinski definition) is 2. The fraction of sp³-hybridized carbons (Fsp3) is 0.622. The highest BCUT2D eigenvalue weighted by atomic mass is 32.2. The first-order chi connectivity index (χ1) is 22.6. The van der Waals surface area contributed by atoms with Gasteiger partial charge in [-0.05, 0) is 75.5 Å². The lowest BCUT2D eigenvalue weighted by Gasteiger charge is -2.44. The maximum atomic E-state index is 14.2. The average Bonchev–Trinajstić information content (AvgIpc) is 3.37. The molecule has 2 aromatic rings. The van der Waals surface area contributed by atoms with Crippen molar-refractivity contribution in [1.82, 2.24) is 14.9 Å². The summed E-state index contributed by atoms with van der Waals surface area (Å²) in [4.78, 5) is 29.0. The molecule has 11 heteroatoms. The maximum Gasteiger partial charge on any atom is 0.408 e. The van der Waals surface area contributed by atoms with Crippen molar-refractivity contribution in [3.8, 4) is 0 Å². The van der Waals surface area contributed by atoms with Gasteiger partial charge in [-0.3, -0.25) is 4.79 Å². The standard InChI is InChI=1S/C37H54N4O6S/c1-27-12-10-11-15-31(27)40-19-21-41(22-20-40)48(44,45)26-37-18-16-29(36(37,5)6)24-32(37)39-33(42)30(38-34(43)47-35(2,3)4)17-23-46-25-28-13-8-7-9-14-28/h7-15,29-30,32H,16-26H2,1-6H3,(H,38,43)(H,39,42)/t29?,30-,32?,37?/m0/s1. The second kappa shape index (κ2) is 14.4. The smallest absolute Gasteiger partial charge is 0.408 e. The molecule has 48 heavy (non-hydrogen) atoms. The number of anilines is 1. The Morgan fingerprint density at radius 3 is 2.31 bits per heavy atom. The number of aryl methyl sites for hydroxylation is 1. The van der Waals surface area contributed by atoms with Crippen LogP contribution in [0.2, 0.25) is 0 Å².